The molecule has 0 heterocycles. The van der Waals surface area contributed by atoms with Crippen molar-refractivity contribution in [1.82, 2.24) is 0 Å². The first-order chi connectivity index (χ1) is 8.74. The first kappa shape index (κ1) is 15.7. The number of carbonyl (C=O) groups excluding carboxylic acids is 1. The maximum atomic E-state index is 12.1. The largest absolute Gasteiger partial charge is 0.460 e. The van der Waals surface area contributed by atoms with E-state index in [-0.39, 0.29) is 11.9 Å². The number of rotatable bonds is 4. The van der Waals surface area contributed by atoms with Gasteiger partial charge in [-0.25, -0.2) is 0 Å². The lowest BCUT2D eigenvalue weighted by Crippen LogP contribution is -2.33. The van der Waals surface area contributed by atoms with Crippen LogP contribution in [0.1, 0.15) is 37.5 Å². The number of carbonyl (C=O) groups is 1. The molecule has 19 heavy (non-hydrogen) atoms. The third-order valence-corrected chi connectivity index (χ3v) is 3.21. The summed E-state index contributed by atoms with van der Waals surface area (Å²) in [6, 6.07) is 6.14. The van der Waals surface area contributed by atoms with Gasteiger partial charge in [0.25, 0.3) is 0 Å². The normalized spacial score (nSPS) is 13.2. The zero-order valence-corrected chi connectivity index (χ0v) is 12.6. The Hall–Kier alpha value is -1.35. The minimum Gasteiger partial charge on any atom is -0.460 e. The molecule has 0 spiro atoms. The zero-order valence-electron chi connectivity index (χ0n) is 12.6. The molecule has 1 aromatic rings. The highest BCUT2D eigenvalue weighted by atomic mass is 16.6. The Bertz CT molecular complexity index is 447. The molecular formula is C16H25NO2. The van der Waals surface area contributed by atoms with Crippen LogP contribution in [0.5, 0.6) is 0 Å². The lowest BCUT2D eigenvalue weighted by molar-refractivity contribution is -0.159. The smallest absolute Gasteiger partial charge is 0.311 e. The van der Waals surface area contributed by atoms with E-state index in [1.165, 1.54) is 16.7 Å². The number of benzene rings is 1. The summed E-state index contributed by atoms with van der Waals surface area (Å²) in [6.45, 7) is 10.1. The molecule has 1 unspecified atom stereocenters. The van der Waals surface area contributed by atoms with E-state index in [9.17, 15) is 4.79 Å². The van der Waals surface area contributed by atoms with Gasteiger partial charge in [0.15, 0.2) is 0 Å². The molecule has 0 aromatic heterocycles. The molecular weight excluding hydrogens is 238 g/mol. The lowest BCUT2D eigenvalue weighted by Gasteiger charge is -2.23. The van der Waals surface area contributed by atoms with Crippen LogP contribution in [0.3, 0.4) is 0 Å². The van der Waals surface area contributed by atoms with Crippen LogP contribution in [0.15, 0.2) is 18.2 Å². The van der Waals surface area contributed by atoms with Gasteiger partial charge < -0.3 is 10.5 Å². The van der Waals surface area contributed by atoms with Crippen LogP contribution in [-0.4, -0.2) is 18.1 Å². The van der Waals surface area contributed by atoms with Crippen LogP contribution in [-0.2, 0) is 16.0 Å². The summed E-state index contributed by atoms with van der Waals surface area (Å²) in [5.74, 6) is -0.490. The van der Waals surface area contributed by atoms with E-state index in [4.69, 9.17) is 10.5 Å². The number of ether oxygens (including phenoxy) is 1. The van der Waals surface area contributed by atoms with Gasteiger partial charge in [-0.2, -0.15) is 0 Å². The van der Waals surface area contributed by atoms with Gasteiger partial charge in [0.1, 0.15) is 5.60 Å². The first-order valence-electron chi connectivity index (χ1n) is 6.72. The van der Waals surface area contributed by atoms with Crippen molar-refractivity contribution in [2.24, 2.45) is 11.7 Å². The molecule has 3 nitrogen and oxygen atoms in total. The van der Waals surface area contributed by atoms with Gasteiger partial charge in [0, 0.05) is 6.54 Å². The molecule has 0 aliphatic heterocycles. The van der Waals surface area contributed by atoms with Crippen LogP contribution < -0.4 is 5.73 Å². The van der Waals surface area contributed by atoms with Crippen molar-refractivity contribution in [1.29, 1.82) is 0 Å². The molecule has 0 bridgehead atoms. The van der Waals surface area contributed by atoms with Crippen molar-refractivity contribution in [3.8, 4) is 0 Å². The Labute approximate surface area is 116 Å². The Morgan fingerprint density at radius 1 is 1.32 bits per heavy atom. The van der Waals surface area contributed by atoms with Crippen molar-refractivity contribution in [3.05, 3.63) is 34.9 Å². The Morgan fingerprint density at radius 3 is 2.47 bits per heavy atom. The molecule has 0 amide bonds. The molecule has 1 atom stereocenters. The fraction of sp³-hybridized carbons (Fsp3) is 0.562. The molecule has 0 saturated heterocycles. The summed E-state index contributed by atoms with van der Waals surface area (Å²) >= 11 is 0. The highest BCUT2D eigenvalue weighted by Crippen LogP contribution is 2.19. The summed E-state index contributed by atoms with van der Waals surface area (Å²) in [5, 5.41) is 0. The topological polar surface area (TPSA) is 52.3 Å². The second-order valence-electron chi connectivity index (χ2n) is 6.03. The number of aryl methyl sites for hydroxylation is 1. The predicted octanol–water partition coefficient (Wildman–Crippen LogP) is 2.76. The Balaban J connectivity index is 2.82. The van der Waals surface area contributed by atoms with Gasteiger partial charge in [0.05, 0.1) is 5.92 Å². The molecule has 106 valence electrons. The van der Waals surface area contributed by atoms with Gasteiger partial charge in [-0.1, -0.05) is 18.2 Å². The fourth-order valence-electron chi connectivity index (χ4n) is 1.95. The van der Waals surface area contributed by atoms with Crippen LogP contribution in [0.25, 0.3) is 0 Å². The minimum absolute atomic E-state index is 0.212. The van der Waals surface area contributed by atoms with Gasteiger partial charge >= 0.3 is 5.97 Å². The van der Waals surface area contributed by atoms with E-state index in [0.717, 1.165) is 0 Å². The maximum Gasteiger partial charge on any atom is 0.311 e. The molecule has 3 heteroatoms. The number of hydrogen-bond donors (Lipinski definition) is 1. The summed E-state index contributed by atoms with van der Waals surface area (Å²) in [6.07, 6.45) is 0.638. The molecule has 0 fully saturated rings. The van der Waals surface area contributed by atoms with E-state index in [0.29, 0.717) is 13.0 Å². The molecule has 0 aliphatic rings. The average molecular weight is 263 g/mol. The molecule has 1 aromatic carbocycles. The van der Waals surface area contributed by atoms with Gasteiger partial charge in [-0.3, -0.25) is 4.79 Å². The fourth-order valence-corrected chi connectivity index (χ4v) is 1.95. The van der Waals surface area contributed by atoms with Crippen LogP contribution in [0, 0.1) is 19.8 Å². The number of esters is 1. The zero-order chi connectivity index (χ0) is 14.6. The summed E-state index contributed by atoms with van der Waals surface area (Å²) in [5.41, 5.74) is 8.89. The monoisotopic (exact) mass is 263 g/mol. The lowest BCUT2D eigenvalue weighted by atomic mass is 9.94. The van der Waals surface area contributed by atoms with Gasteiger partial charge in [-0.15, -0.1) is 0 Å². The standard InChI is InChI=1S/C16H25NO2/c1-11-7-6-8-13(12(11)2)9-14(10-17)15(18)19-16(3,4)5/h6-8,14H,9-10,17H2,1-5H3. The molecule has 0 saturated carbocycles. The van der Waals surface area contributed by atoms with Gasteiger partial charge in [-0.05, 0) is 57.7 Å². The predicted molar refractivity (Wildman–Crippen MR) is 78.0 cm³/mol. The third kappa shape index (κ3) is 4.67. The first-order valence-corrected chi connectivity index (χ1v) is 6.72. The van der Waals surface area contributed by atoms with E-state index in [2.05, 4.69) is 26.0 Å². The SMILES string of the molecule is Cc1cccc(CC(CN)C(=O)OC(C)(C)C)c1C. The highest BCUT2D eigenvalue weighted by Gasteiger charge is 2.24. The van der Waals surface area contributed by atoms with Crippen LogP contribution >= 0.6 is 0 Å². The van der Waals surface area contributed by atoms with E-state index < -0.39 is 5.60 Å². The summed E-state index contributed by atoms with van der Waals surface area (Å²) in [7, 11) is 0. The second kappa shape index (κ2) is 6.20. The van der Waals surface area contributed by atoms with Crippen molar-refractivity contribution in [2.75, 3.05) is 6.54 Å². The summed E-state index contributed by atoms with van der Waals surface area (Å²) < 4.78 is 5.41. The number of nitrogens with two attached hydrogens (primary N) is 1. The van der Waals surface area contributed by atoms with Crippen LogP contribution in [0.4, 0.5) is 0 Å². The highest BCUT2D eigenvalue weighted by molar-refractivity contribution is 5.73. The maximum absolute atomic E-state index is 12.1. The molecule has 0 aliphatic carbocycles. The third-order valence-electron chi connectivity index (χ3n) is 3.21. The van der Waals surface area contributed by atoms with Crippen molar-refractivity contribution in [3.63, 3.8) is 0 Å². The summed E-state index contributed by atoms with van der Waals surface area (Å²) in [4.78, 5) is 12.1. The van der Waals surface area contributed by atoms with Crippen molar-refractivity contribution >= 4 is 5.97 Å². The molecule has 0 radical (unpaired) electrons. The van der Waals surface area contributed by atoms with E-state index >= 15 is 0 Å². The number of hydrogen-bond acceptors (Lipinski definition) is 3. The van der Waals surface area contributed by atoms with E-state index in [1.54, 1.807) is 0 Å². The average Bonchev–Trinajstić information content (AvgIpc) is 2.28. The van der Waals surface area contributed by atoms with Crippen molar-refractivity contribution < 1.29 is 9.53 Å². The van der Waals surface area contributed by atoms with E-state index in [1.807, 2.05) is 26.8 Å². The minimum atomic E-state index is -0.466. The Kier molecular flexibility index (Phi) is 5.12. The van der Waals surface area contributed by atoms with Gasteiger partial charge in [0.2, 0.25) is 0 Å². The quantitative estimate of drug-likeness (QED) is 0.850. The van der Waals surface area contributed by atoms with Crippen LogP contribution in [0.2, 0.25) is 0 Å². The molecule has 1 rings (SSSR count). The molecule has 2 N–H and O–H groups in total. The van der Waals surface area contributed by atoms with Crippen molar-refractivity contribution in [2.45, 2.75) is 46.6 Å². The second-order valence-corrected chi connectivity index (χ2v) is 6.03. The Morgan fingerprint density at radius 2 is 1.95 bits per heavy atom.